The van der Waals surface area contributed by atoms with E-state index < -0.39 is 11.7 Å². The summed E-state index contributed by atoms with van der Waals surface area (Å²) in [6.07, 6.45) is 18.0. The number of benzene rings is 3. The number of fused-ring (bicyclic) bond motifs is 5. The Hall–Kier alpha value is -4.34. The quantitative estimate of drug-likeness (QED) is 0.0660. The molecule has 5 unspecified atom stereocenters. The molecule has 0 bridgehead atoms. The van der Waals surface area contributed by atoms with E-state index in [1.807, 2.05) is 66.7 Å². The number of allylic oxidation sites excluding steroid dienone is 1. The van der Waals surface area contributed by atoms with Crippen molar-refractivity contribution in [2.24, 2.45) is 52.3 Å². The summed E-state index contributed by atoms with van der Waals surface area (Å²) in [6.45, 7) is 14.0. The van der Waals surface area contributed by atoms with Crippen LogP contribution in [0.1, 0.15) is 148 Å². The Morgan fingerprint density at radius 3 is 2.13 bits per heavy atom. The number of nitrogens with one attached hydrogen (secondary N) is 1. The summed E-state index contributed by atoms with van der Waals surface area (Å²) in [5.41, 5.74) is 4.04. The van der Waals surface area contributed by atoms with Crippen LogP contribution in [-0.4, -0.2) is 74.7 Å². The van der Waals surface area contributed by atoms with Crippen LogP contribution in [0.2, 0.25) is 0 Å². The molecular weight excluding hydrogens is 861 g/mol. The zero-order valence-corrected chi connectivity index (χ0v) is 43.1. The summed E-state index contributed by atoms with van der Waals surface area (Å²) in [5.74, 6) is 6.14. The molecule has 1 saturated heterocycles. The lowest BCUT2D eigenvalue weighted by Crippen LogP contribution is -2.51. The van der Waals surface area contributed by atoms with E-state index in [-0.39, 0.29) is 42.6 Å². The number of aliphatic hydroxyl groups is 1. The summed E-state index contributed by atoms with van der Waals surface area (Å²) < 4.78 is 24.1. The first-order valence-corrected chi connectivity index (χ1v) is 26.9. The van der Waals surface area contributed by atoms with Gasteiger partial charge in [0.2, 0.25) is 5.91 Å². The number of methoxy groups -OCH3 is 2. The first kappa shape index (κ1) is 51.0. The maximum absolute atomic E-state index is 13.5. The number of unbranched alkanes of at least 4 members (excludes halogenated alkanes) is 2. The van der Waals surface area contributed by atoms with Crippen molar-refractivity contribution in [1.29, 1.82) is 0 Å². The van der Waals surface area contributed by atoms with Gasteiger partial charge in [-0.15, -0.1) is 0 Å². The van der Waals surface area contributed by atoms with E-state index in [1.165, 1.54) is 51.4 Å². The number of alkyl carbamates (subject to hydrolysis) is 1. The number of aliphatic hydroxyl groups excluding tert-OH is 1. The summed E-state index contributed by atoms with van der Waals surface area (Å²) in [6, 6.07) is 25.9. The molecule has 3 aromatic carbocycles. The van der Waals surface area contributed by atoms with Crippen LogP contribution in [0.3, 0.4) is 0 Å². The molecular formula is C60H84N2O7. The molecule has 3 saturated carbocycles. The van der Waals surface area contributed by atoms with Gasteiger partial charge in [0.15, 0.2) is 0 Å². The van der Waals surface area contributed by atoms with E-state index in [1.54, 1.807) is 24.7 Å². The minimum absolute atomic E-state index is 0.0352. The van der Waals surface area contributed by atoms with E-state index in [0.717, 1.165) is 95.8 Å². The van der Waals surface area contributed by atoms with Gasteiger partial charge in [0.05, 0.1) is 26.9 Å². The Kier molecular flexibility index (Phi) is 16.6. The Labute approximate surface area is 414 Å². The Bertz CT molecular complexity index is 2130. The van der Waals surface area contributed by atoms with Gasteiger partial charge in [0.1, 0.15) is 23.2 Å². The van der Waals surface area contributed by atoms with Crippen LogP contribution in [-0.2, 0) is 19.9 Å². The number of ether oxygens (including phenoxy) is 4. The molecule has 0 radical (unpaired) electrons. The molecule has 8 rings (SSSR count). The van der Waals surface area contributed by atoms with Crippen LogP contribution >= 0.6 is 0 Å². The molecule has 10 atom stereocenters. The van der Waals surface area contributed by atoms with Crippen molar-refractivity contribution in [3.8, 4) is 11.5 Å². The van der Waals surface area contributed by atoms with Crippen LogP contribution < -0.4 is 14.8 Å². The monoisotopic (exact) mass is 945 g/mol. The number of amides is 2. The number of carbonyl (C=O) groups is 2. The molecule has 376 valence electrons. The second-order valence-electron chi connectivity index (χ2n) is 22.7. The van der Waals surface area contributed by atoms with Crippen LogP contribution in [0, 0.1) is 52.3 Å². The van der Waals surface area contributed by atoms with Crippen LogP contribution in [0.15, 0.2) is 90.5 Å². The zero-order chi connectivity index (χ0) is 48.8. The summed E-state index contributed by atoms with van der Waals surface area (Å²) in [4.78, 5) is 28.3. The van der Waals surface area contributed by atoms with Crippen molar-refractivity contribution in [3.05, 3.63) is 107 Å². The average Bonchev–Trinajstić information content (AvgIpc) is 3.92. The van der Waals surface area contributed by atoms with Crippen LogP contribution in [0.4, 0.5) is 4.79 Å². The van der Waals surface area contributed by atoms with E-state index in [4.69, 9.17) is 18.9 Å². The fourth-order valence-corrected chi connectivity index (χ4v) is 14.4. The van der Waals surface area contributed by atoms with Gasteiger partial charge in [-0.05, 0) is 145 Å². The first-order chi connectivity index (χ1) is 33.3. The molecule has 3 aromatic rings. The minimum Gasteiger partial charge on any atom is -0.497 e. The topological polar surface area (TPSA) is 107 Å². The number of likely N-dealkylation sites (tertiary alicyclic amines) is 1. The van der Waals surface area contributed by atoms with Gasteiger partial charge in [0.25, 0.3) is 0 Å². The maximum atomic E-state index is 13.5. The second kappa shape index (κ2) is 22.4. The van der Waals surface area contributed by atoms with Gasteiger partial charge < -0.3 is 34.3 Å². The fraction of sp³-hybridized carbons (Fsp3) is 0.633. The third-order valence-corrected chi connectivity index (χ3v) is 18.3. The van der Waals surface area contributed by atoms with Gasteiger partial charge in [-0.2, -0.15) is 0 Å². The Morgan fingerprint density at radius 1 is 0.783 bits per heavy atom. The molecule has 2 amide bonds. The smallest absolute Gasteiger partial charge is 0.407 e. The van der Waals surface area contributed by atoms with Crippen molar-refractivity contribution in [1.82, 2.24) is 10.2 Å². The highest BCUT2D eigenvalue weighted by molar-refractivity contribution is 5.76. The van der Waals surface area contributed by atoms with Gasteiger partial charge in [0, 0.05) is 38.4 Å². The molecule has 1 heterocycles. The summed E-state index contributed by atoms with van der Waals surface area (Å²) in [5, 5.41) is 14.3. The molecule has 0 spiro atoms. The predicted octanol–water partition coefficient (Wildman–Crippen LogP) is 12.5. The number of hydrogen-bond acceptors (Lipinski definition) is 7. The van der Waals surface area contributed by atoms with Crippen molar-refractivity contribution in [2.75, 3.05) is 40.5 Å². The standard InChI is InChI=1S/C60H84N2O7/c1-41(2)15-14-16-42(3)52-30-31-53-51-29-24-47-37-50(32-34-58(47,4)54(51)33-35-59(52,53)5)69-57(65)61-36-13-9-12-19-56(64)62-38-43(55(63)39-62)40-68-60(44-17-10-8-11-18-44,45-20-25-48(66-6)26-21-45)46-22-27-49(67-7)28-23-46/h8,10-11,17-18,20-28,41-43,50-55,63H,9,12-16,19,29-40H2,1-7H3,(H,61,65)/t42-,43?,50-,51?,52+,53?,54?,55?,58-,59+/m0/s1. The molecule has 9 heteroatoms. The lowest BCUT2D eigenvalue weighted by Gasteiger charge is -2.58. The summed E-state index contributed by atoms with van der Waals surface area (Å²) >= 11 is 0. The molecule has 4 aliphatic carbocycles. The van der Waals surface area contributed by atoms with Crippen molar-refractivity contribution < 1.29 is 33.6 Å². The van der Waals surface area contributed by atoms with Crippen molar-refractivity contribution >= 4 is 12.0 Å². The number of nitrogens with zero attached hydrogens (tertiary/aromatic N) is 1. The lowest BCUT2D eigenvalue weighted by molar-refractivity contribution is -0.130. The highest BCUT2D eigenvalue weighted by atomic mass is 16.6. The van der Waals surface area contributed by atoms with E-state index in [9.17, 15) is 14.7 Å². The highest BCUT2D eigenvalue weighted by Gasteiger charge is 2.59. The van der Waals surface area contributed by atoms with Crippen LogP contribution in [0.5, 0.6) is 11.5 Å². The molecule has 1 aliphatic heterocycles. The number of β-amino-alcohol motifs (C(OH)–C–C–N with tert-alkyl or cyclic N) is 1. The number of rotatable bonds is 20. The molecule has 9 nitrogen and oxygen atoms in total. The average molecular weight is 945 g/mol. The van der Waals surface area contributed by atoms with E-state index in [0.29, 0.717) is 31.3 Å². The molecule has 5 aliphatic rings. The highest BCUT2D eigenvalue weighted by Crippen LogP contribution is 2.67. The van der Waals surface area contributed by atoms with Crippen molar-refractivity contribution in [2.45, 2.75) is 149 Å². The summed E-state index contributed by atoms with van der Waals surface area (Å²) in [7, 11) is 3.30. The van der Waals surface area contributed by atoms with Gasteiger partial charge in [-0.1, -0.05) is 127 Å². The first-order valence-electron chi connectivity index (χ1n) is 26.9. The maximum Gasteiger partial charge on any atom is 0.407 e. The third kappa shape index (κ3) is 11.0. The number of hydrogen-bond donors (Lipinski definition) is 2. The van der Waals surface area contributed by atoms with Crippen molar-refractivity contribution in [3.63, 3.8) is 0 Å². The number of carbonyl (C=O) groups excluding carboxylic acids is 2. The van der Waals surface area contributed by atoms with Gasteiger partial charge in [-0.3, -0.25) is 4.79 Å². The Morgan fingerprint density at radius 2 is 1.46 bits per heavy atom. The lowest BCUT2D eigenvalue weighted by atomic mass is 9.47. The van der Waals surface area contributed by atoms with E-state index in [2.05, 4.69) is 58.1 Å². The van der Waals surface area contributed by atoms with Gasteiger partial charge >= 0.3 is 6.09 Å². The van der Waals surface area contributed by atoms with Crippen LogP contribution in [0.25, 0.3) is 0 Å². The second-order valence-corrected chi connectivity index (χ2v) is 22.7. The largest absolute Gasteiger partial charge is 0.497 e. The molecule has 4 fully saturated rings. The normalized spacial score (nSPS) is 29.1. The molecule has 0 aromatic heterocycles. The van der Waals surface area contributed by atoms with E-state index >= 15 is 0 Å². The predicted molar refractivity (Wildman–Crippen MR) is 274 cm³/mol. The Balaban J connectivity index is 0.774. The fourth-order valence-electron chi connectivity index (χ4n) is 14.4. The SMILES string of the molecule is COc1ccc(C(OCC2CN(C(=O)CCCCCNC(=O)O[C@H]3CC[C@@]4(C)C(=CCC5C4CC[C@@]4(C)C5CC[C@@H]4[C@@H](C)CCCC(C)C)C3)CC2O)(c2ccccc2)c2ccc(OC)cc2)cc1. The molecule has 69 heavy (non-hydrogen) atoms. The molecule has 2 N–H and O–H groups in total. The zero-order valence-electron chi connectivity index (χ0n) is 43.1. The third-order valence-electron chi connectivity index (χ3n) is 18.3. The van der Waals surface area contributed by atoms with Gasteiger partial charge in [-0.25, -0.2) is 4.79 Å². The minimum atomic E-state index is -1.00.